The van der Waals surface area contributed by atoms with E-state index in [1.807, 2.05) is 24.3 Å². The van der Waals surface area contributed by atoms with Crippen LogP contribution in [0.25, 0.3) is 11.1 Å². The maximum absolute atomic E-state index is 14.0. The van der Waals surface area contributed by atoms with Crippen molar-refractivity contribution >= 4 is 22.1 Å². The van der Waals surface area contributed by atoms with Crippen molar-refractivity contribution < 1.29 is 33.0 Å². The Balaban J connectivity index is 1.68. The molecule has 1 aliphatic heterocycles. The van der Waals surface area contributed by atoms with E-state index in [9.17, 15) is 28.2 Å². The highest BCUT2D eigenvalue weighted by Crippen LogP contribution is 2.31. The van der Waals surface area contributed by atoms with Crippen molar-refractivity contribution in [3.63, 3.8) is 0 Å². The van der Waals surface area contributed by atoms with Gasteiger partial charge in [-0.05, 0) is 59.7 Å². The van der Waals surface area contributed by atoms with Gasteiger partial charge in [0.15, 0.2) is 0 Å². The van der Waals surface area contributed by atoms with E-state index < -0.39 is 34.0 Å². The number of sulfonamides is 1. The van der Waals surface area contributed by atoms with Crippen LogP contribution >= 0.6 is 0 Å². The molecule has 0 bridgehead atoms. The molecule has 3 aromatic carbocycles. The van der Waals surface area contributed by atoms with Crippen LogP contribution in [0.4, 0.5) is 4.79 Å². The van der Waals surface area contributed by atoms with Crippen molar-refractivity contribution in [3.05, 3.63) is 84.4 Å². The van der Waals surface area contributed by atoms with E-state index in [0.717, 1.165) is 15.4 Å². The van der Waals surface area contributed by atoms with Crippen LogP contribution in [-0.4, -0.2) is 66.1 Å². The zero-order valence-electron chi connectivity index (χ0n) is 20.9. The molecule has 0 aromatic heterocycles. The number of benzene rings is 3. The quantitative estimate of drug-likeness (QED) is 0.414. The lowest BCUT2D eigenvalue weighted by molar-refractivity contribution is -0.144. The molecule has 38 heavy (non-hydrogen) atoms. The molecule has 4 rings (SSSR count). The number of carboxylic acid groups (broad SMARTS) is 2. The summed E-state index contributed by atoms with van der Waals surface area (Å²) in [5, 5.41) is 19.5. The van der Waals surface area contributed by atoms with Crippen LogP contribution in [0.2, 0.25) is 0 Å². The average Bonchev–Trinajstić information content (AvgIpc) is 2.93. The van der Waals surface area contributed by atoms with Gasteiger partial charge in [-0.2, -0.15) is 4.31 Å². The Morgan fingerprint density at radius 1 is 0.921 bits per heavy atom. The van der Waals surface area contributed by atoms with Gasteiger partial charge in [0.25, 0.3) is 0 Å². The summed E-state index contributed by atoms with van der Waals surface area (Å²) >= 11 is 0. The zero-order chi connectivity index (χ0) is 27.3. The van der Waals surface area contributed by atoms with Gasteiger partial charge in [-0.15, -0.1) is 0 Å². The first kappa shape index (κ1) is 27.2. The van der Waals surface area contributed by atoms with E-state index in [1.165, 1.54) is 17.0 Å². The summed E-state index contributed by atoms with van der Waals surface area (Å²) in [4.78, 5) is 25.1. The summed E-state index contributed by atoms with van der Waals surface area (Å²) in [5.74, 6) is -1.09. The number of piperidine rings is 1. The second-order valence-electron chi connectivity index (χ2n) is 9.18. The molecule has 10 heteroatoms. The third-order valence-electron chi connectivity index (χ3n) is 6.89. The molecular formula is C28H30N2O7S. The lowest BCUT2D eigenvalue weighted by Gasteiger charge is -2.38. The second-order valence-corrected chi connectivity index (χ2v) is 11.1. The van der Waals surface area contributed by atoms with Gasteiger partial charge in [-0.25, -0.2) is 13.2 Å². The number of aliphatic carboxylic acids is 1. The van der Waals surface area contributed by atoms with E-state index in [1.54, 1.807) is 49.6 Å². The fourth-order valence-electron chi connectivity index (χ4n) is 4.80. The molecule has 1 atom stereocenters. The summed E-state index contributed by atoms with van der Waals surface area (Å²) in [6.07, 6.45) is -0.568. The van der Waals surface area contributed by atoms with Crippen molar-refractivity contribution in [3.8, 4) is 16.9 Å². The van der Waals surface area contributed by atoms with Crippen LogP contribution in [0, 0.1) is 5.92 Å². The first-order valence-electron chi connectivity index (χ1n) is 12.2. The molecule has 1 unspecified atom stereocenters. The number of rotatable bonds is 9. The first-order valence-corrected chi connectivity index (χ1v) is 13.7. The Bertz CT molecular complexity index is 1350. The summed E-state index contributed by atoms with van der Waals surface area (Å²) in [5.41, 5.74) is 2.33. The minimum atomic E-state index is -4.23. The second kappa shape index (κ2) is 11.7. The molecule has 1 amide bonds. The molecule has 2 N–H and O–H groups in total. The van der Waals surface area contributed by atoms with E-state index in [-0.39, 0.29) is 37.4 Å². The summed E-state index contributed by atoms with van der Waals surface area (Å²) in [6, 6.07) is 21.2. The molecule has 9 nitrogen and oxygen atoms in total. The van der Waals surface area contributed by atoms with Crippen molar-refractivity contribution in [1.29, 1.82) is 0 Å². The van der Waals surface area contributed by atoms with E-state index >= 15 is 0 Å². The molecule has 1 saturated heterocycles. The lowest BCUT2D eigenvalue weighted by atomic mass is 9.89. The number of hydrogen-bond acceptors (Lipinski definition) is 5. The molecule has 0 radical (unpaired) electrons. The van der Waals surface area contributed by atoms with Gasteiger partial charge in [0, 0.05) is 19.6 Å². The molecule has 0 aliphatic carbocycles. The highest BCUT2D eigenvalue weighted by molar-refractivity contribution is 7.89. The molecule has 3 aromatic rings. The van der Waals surface area contributed by atoms with Crippen molar-refractivity contribution in [2.45, 2.75) is 30.3 Å². The highest BCUT2D eigenvalue weighted by atomic mass is 32.2. The lowest BCUT2D eigenvalue weighted by Crippen LogP contribution is -2.52. The molecule has 0 saturated carbocycles. The number of methoxy groups -OCH3 is 1. The smallest absolute Gasteiger partial charge is 0.407 e. The van der Waals surface area contributed by atoms with Crippen LogP contribution in [-0.2, 0) is 21.4 Å². The fraction of sp³-hybridized carbons (Fsp3) is 0.286. The minimum absolute atomic E-state index is 0.0140. The number of hydrogen-bond donors (Lipinski definition) is 2. The van der Waals surface area contributed by atoms with Crippen molar-refractivity contribution in [1.82, 2.24) is 9.21 Å². The molecule has 200 valence electrons. The third-order valence-corrected chi connectivity index (χ3v) is 8.73. The van der Waals surface area contributed by atoms with Gasteiger partial charge in [0.2, 0.25) is 10.0 Å². The maximum atomic E-state index is 14.0. The first-order chi connectivity index (χ1) is 18.2. The third kappa shape index (κ3) is 5.98. The normalized spacial score (nSPS) is 15.3. The number of carboxylic acids is 1. The molecule has 1 aliphatic rings. The summed E-state index contributed by atoms with van der Waals surface area (Å²) < 4.78 is 34.2. The predicted octanol–water partition coefficient (Wildman–Crippen LogP) is 4.40. The van der Waals surface area contributed by atoms with Gasteiger partial charge in [0.1, 0.15) is 11.8 Å². The molecule has 1 heterocycles. The zero-order valence-corrected chi connectivity index (χ0v) is 21.8. The number of amides is 1. The predicted molar refractivity (Wildman–Crippen MR) is 141 cm³/mol. The minimum Gasteiger partial charge on any atom is -0.497 e. The number of carbonyl (C=O) groups is 2. The topological polar surface area (TPSA) is 124 Å². The Morgan fingerprint density at radius 2 is 1.47 bits per heavy atom. The summed E-state index contributed by atoms with van der Waals surface area (Å²) in [6.45, 7) is 0.179. The van der Waals surface area contributed by atoms with Gasteiger partial charge in [0.05, 0.1) is 12.0 Å². The summed E-state index contributed by atoms with van der Waals surface area (Å²) in [7, 11) is -2.65. The monoisotopic (exact) mass is 538 g/mol. The average molecular weight is 539 g/mol. The Kier molecular flexibility index (Phi) is 8.33. The van der Waals surface area contributed by atoms with Crippen LogP contribution < -0.4 is 4.74 Å². The maximum Gasteiger partial charge on any atom is 0.407 e. The van der Waals surface area contributed by atoms with Crippen molar-refractivity contribution in [2.75, 3.05) is 20.2 Å². The standard InChI is InChI=1S/C28H30N2O7S/c1-37-24-11-7-21(8-12-24)22-9-13-25(14-10-22)38(35,36)30(19-20-5-3-2-4-6-20)26(27(31)32)23-15-17-29(18-16-23)28(33)34/h2-14,23,26H,15-19H2,1H3,(H,31,32)(H,33,34). The van der Waals surface area contributed by atoms with Gasteiger partial charge < -0.3 is 19.8 Å². The van der Waals surface area contributed by atoms with E-state index in [2.05, 4.69) is 0 Å². The highest BCUT2D eigenvalue weighted by Gasteiger charge is 2.42. The fourth-order valence-corrected chi connectivity index (χ4v) is 6.43. The van der Waals surface area contributed by atoms with Crippen LogP contribution in [0.1, 0.15) is 18.4 Å². The Hall–Kier alpha value is -3.89. The van der Waals surface area contributed by atoms with Crippen LogP contribution in [0.5, 0.6) is 5.75 Å². The van der Waals surface area contributed by atoms with Gasteiger partial charge >= 0.3 is 12.1 Å². The number of nitrogens with zero attached hydrogens (tertiary/aromatic N) is 2. The SMILES string of the molecule is COc1ccc(-c2ccc(S(=O)(=O)N(Cc3ccccc3)C(C(=O)O)C3CCN(C(=O)O)CC3)cc2)cc1. The van der Waals surface area contributed by atoms with E-state index in [4.69, 9.17) is 4.74 Å². The number of ether oxygens (including phenoxy) is 1. The Labute approximate surface area is 221 Å². The van der Waals surface area contributed by atoms with Crippen molar-refractivity contribution in [2.24, 2.45) is 5.92 Å². The Morgan fingerprint density at radius 3 is 1.97 bits per heavy atom. The largest absolute Gasteiger partial charge is 0.497 e. The van der Waals surface area contributed by atoms with Crippen LogP contribution in [0.3, 0.4) is 0 Å². The molecular weight excluding hydrogens is 508 g/mol. The van der Waals surface area contributed by atoms with E-state index in [0.29, 0.717) is 11.3 Å². The number of likely N-dealkylation sites (tertiary alicyclic amines) is 1. The molecule has 1 fully saturated rings. The van der Waals surface area contributed by atoms with Gasteiger partial charge in [-0.3, -0.25) is 4.79 Å². The van der Waals surface area contributed by atoms with Crippen LogP contribution in [0.15, 0.2) is 83.8 Å². The van der Waals surface area contributed by atoms with Gasteiger partial charge in [-0.1, -0.05) is 54.6 Å². The molecule has 0 spiro atoms.